The first-order valence-electron chi connectivity index (χ1n) is 8.71. The molecule has 26 heavy (non-hydrogen) atoms. The Morgan fingerprint density at radius 3 is 2.77 bits per heavy atom. The standard InChI is InChI=1S/C20H26O6/c1-12-5-4-6-13(2)10-17(26-20(24)15(11-22)7-8-21)18-14(3)19(23)25-16(18)9-12/h6-7,9,16-18,21-22H,3-5,8,10-11H2,1-2H3/b12-9-,13-6-,15-7-. The summed E-state index contributed by atoms with van der Waals surface area (Å²) in [5.41, 5.74) is 2.39. The predicted molar refractivity (Wildman–Crippen MR) is 96.0 cm³/mol. The van der Waals surface area contributed by atoms with Gasteiger partial charge in [-0.3, -0.25) is 0 Å². The molecule has 0 amide bonds. The van der Waals surface area contributed by atoms with Gasteiger partial charge in [0.2, 0.25) is 0 Å². The van der Waals surface area contributed by atoms with E-state index in [0.29, 0.717) is 6.42 Å². The lowest BCUT2D eigenvalue weighted by Gasteiger charge is -2.27. The number of carbonyl (C=O) groups is 2. The summed E-state index contributed by atoms with van der Waals surface area (Å²) in [6.45, 7) is 6.85. The van der Waals surface area contributed by atoms with E-state index in [9.17, 15) is 14.7 Å². The molecule has 1 saturated heterocycles. The lowest BCUT2D eigenvalue weighted by Crippen LogP contribution is -2.34. The van der Waals surface area contributed by atoms with Crippen LogP contribution in [0.1, 0.15) is 33.1 Å². The number of aliphatic hydroxyl groups excluding tert-OH is 2. The Morgan fingerprint density at radius 1 is 1.38 bits per heavy atom. The molecule has 0 bridgehead atoms. The minimum Gasteiger partial charge on any atom is -0.458 e. The quantitative estimate of drug-likeness (QED) is 0.451. The van der Waals surface area contributed by atoms with Crippen molar-refractivity contribution in [3.8, 4) is 0 Å². The van der Waals surface area contributed by atoms with Crippen LogP contribution in [-0.2, 0) is 19.1 Å². The number of allylic oxidation sites excluding steroid dienone is 2. The van der Waals surface area contributed by atoms with Gasteiger partial charge >= 0.3 is 11.9 Å². The maximum atomic E-state index is 12.4. The lowest BCUT2D eigenvalue weighted by molar-refractivity contribution is -0.147. The number of carbonyl (C=O) groups excluding carboxylic acids is 2. The van der Waals surface area contributed by atoms with Crippen LogP contribution in [-0.4, -0.2) is 47.6 Å². The number of fused-ring (bicyclic) bond motifs is 1. The third kappa shape index (κ3) is 4.71. The molecule has 1 aliphatic heterocycles. The van der Waals surface area contributed by atoms with E-state index < -0.39 is 36.7 Å². The fourth-order valence-electron chi connectivity index (χ4n) is 3.27. The normalized spacial score (nSPS) is 31.2. The zero-order valence-corrected chi connectivity index (χ0v) is 15.2. The zero-order chi connectivity index (χ0) is 19.3. The van der Waals surface area contributed by atoms with E-state index in [1.165, 1.54) is 6.08 Å². The highest BCUT2D eigenvalue weighted by molar-refractivity contribution is 5.92. The lowest BCUT2D eigenvalue weighted by atomic mass is 9.85. The fraction of sp³-hybridized carbons (Fsp3) is 0.500. The number of rotatable bonds is 4. The Labute approximate surface area is 153 Å². The molecule has 1 fully saturated rings. The monoisotopic (exact) mass is 362 g/mol. The van der Waals surface area contributed by atoms with E-state index in [1.54, 1.807) is 0 Å². The Bertz CT molecular complexity index is 670. The van der Waals surface area contributed by atoms with Gasteiger partial charge in [0, 0.05) is 12.0 Å². The Kier molecular flexibility index (Phi) is 6.94. The summed E-state index contributed by atoms with van der Waals surface area (Å²) in [5.74, 6) is -1.70. The van der Waals surface area contributed by atoms with Crippen molar-refractivity contribution in [3.05, 3.63) is 47.1 Å². The van der Waals surface area contributed by atoms with Crippen molar-refractivity contribution in [1.82, 2.24) is 0 Å². The van der Waals surface area contributed by atoms with E-state index in [1.807, 2.05) is 19.9 Å². The van der Waals surface area contributed by atoms with E-state index in [4.69, 9.17) is 14.6 Å². The maximum Gasteiger partial charge on any atom is 0.336 e. The minimum absolute atomic E-state index is 0.0228. The van der Waals surface area contributed by atoms with Crippen LogP contribution in [0.4, 0.5) is 0 Å². The number of ether oxygens (including phenoxy) is 2. The van der Waals surface area contributed by atoms with Gasteiger partial charge in [0.25, 0.3) is 0 Å². The van der Waals surface area contributed by atoms with Crippen molar-refractivity contribution >= 4 is 11.9 Å². The average Bonchev–Trinajstić information content (AvgIpc) is 2.85. The summed E-state index contributed by atoms with van der Waals surface area (Å²) in [4.78, 5) is 24.4. The van der Waals surface area contributed by atoms with E-state index in [-0.39, 0.29) is 17.8 Å². The van der Waals surface area contributed by atoms with Crippen molar-refractivity contribution in [2.24, 2.45) is 5.92 Å². The molecule has 3 atom stereocenters. The van der Waals surface area contributed by atoms with Crippen LogP contribution in [0.15, 0.2) is 47.1 Å². The molecule has 2 N–H and O–H groups in total. The van der Waals surface area contributed by atoms with Crippen LogP contribution >= 0.6 is 0 Å². The molecule has 1 heterocycles. The van der Waals surface area contributed by atoms with Crippen molar-refractivity contribution in [2.75, 3.05) is 13.2 Å². The smallest absolute Gasteiger partial charge is 0.336 e. The minimum atomic E-state index is -0.719. The van der Waals surface area contributed by atoms with Gasteiger partial charge < -0.3 is 19.7 Å². The summed E-state index contributed by atoms with van der Waals surface area (Å²) in [6, 6.07) is 0. The molecule has 6 heteroatoms. The second kappa shape index (κ2) is 8.96. The molecule has 3 unspecified atom stereocenters. The number of esters is 2. The number of hydrogen-bond donors (Lipinski definition) is 2. The summed E-state index contributed by atoms with van der Waals surface area (Å²) in [7, 11) is 0. The van der Waals surface area contributed by atoms with Crippen molar-refractivity contribution in [2.45, 2.75) is 45.3 Å². The first-order chi connectivity index (χ1) is 12.4. The fourth-order valence-corrected chi connectivity index (χ4v) is 3.27. The van der Waals surface area contributed by atoms with Gasteiger partial charge in [0.1, 0.15) is 12.2 Å². The van der Waals surface area contributed by atoms with Crippen LogP contribution in [0.5, 0.6) is 0 Å². The molecule has 142 valence electrons. The summed E-state index contributed by atoms with van der Waals surface area (Å²) >= 11 is 0. The number of aliphatic hydroxyl groups is 2. The van der Waals surface area contributed by atoms with E-state index in [0.717, 1.165) is 24.0 Å². The molecular weight excluding hydrogens is 336 g/mol. The third-order valence-corrected chi connectivity index (χ3v) is 4.69. The Balaban J connectivity index is 2.36. The molecular formula is C20H26O6. The highest BCUT2D eigenvalue weighted by atomic mass is 16.6. The second-order valence-electron chi connectivity index (χ2n) is 6.74. The predicted octanol–water partition coefficient (Wildman–Crippen LogP) is 1.98. The molecule has 0 radical (unpaired) electrons. The van der Waals surface area contributed by atoms with Crippen molar-refractivity contribution in [3.63, 3.8) is 0 Å². The molecule has 6 nitrogen and oxygen atoms in total. The second-order valence-corrected chi connectivity index (χ2v) is 6.74. The topological polar surface area (TPSA) is 93.1 Å². The zero-order valence-electron chi connectivity index (χ0n) is 15.2. The molecule has 0 aromatic rings. The molecule has 2 aliphatic rings. The number of hydrogen-bond acceptors (Lipinski definition) is 6. The average molecular weight is 362 g/mol. The Morgan fingerprint density at radius 2 is 2.12 bits per heavy atom. The molecule has 0 aromatic heterocycles. The SMILES string of the molecule is C=C1C(=O)OC2/C=C(/C)CC/C=C(/C)CC(OC(=O)/C(=C\CO)CO)C12. The molecule has 0 saturated carbocycles. The van der Waals surface area contributed by atoms with Gasteiger partial charge in [-0.2, -0.15) is 0 Å². The van der Waals surface area contributed by atoms with Gasteiger partial charge in [-0.15, -0.1) is 0 Å². The molecule has 0 aromatic carbocycles. The highest BCUT2D eigenvalue weighted by Gasteiger charge is 2.44. The van der Waals surface area contributed by atoms with Gasteiger partial charge in [0.05, 0.1) is 24.7 Å². The van der Waals surface area contributed by atoms with Crippen LogP contribution in [0.25, 0.3) is 0 Å². The highest BCUT2D eigenvalue weighted by Crippen LogP contribution is 2.36. The molecule has 1 aliphatic carbocycles. The van der Waals surface area contributed by atoms with Crippen LogP contribution < -0.4 is 0 Å². The van der Waals surface area contributed by atoms with Gasteiger partial charge in [-0.1, -0.05) is 23.8 Å². The first-order valence-corrected chi connectivity index (χ1v) is 8.71. The van der Waals surface area contributed by atoms with Crippen LogP contribution in [0, 0.1) is 5.92 Å². The summed E-state index contributed by atoms with van der Waals surface area (Å²) in [6.07, 6.45) is 6.17. The van der Waals surface area contributed by atoms with Gasteiger partial charge in [-0.25, -0.2) is 9.59 Å². The molecule has 0 spiro atoms. The third-order valence-electron chi connectivity index (χ3n) is 4.69. The molecule has 2 rings (SSSR count). The van der Waals surface area contributed by atoms with Crippen LogP contribution in [0.3, 0.4) is 0 Å². The van der Waals surface area contributed by atoms with Gasteiger partial charge in [0.15, 0.2) is 0 Å². The first kappa shape index (κ1) is 20.1. The van der Waals surface area contributed by atoms with E-state index in [2.05, 4.69) is 12.7 Å². The van der Waals surface area contributed by atoms with Gasteiger partial charge in [-0.05, 0) is 38.8 Å². The van der Waals surface area contributed by atoms with Crippen molar-refractivity contribution in [1.29, 1.82) is 0 Å². The van der Waals surface area contributed by atoms with Crippen molar-refractivity contribution < 1.29 is 29.3 Å². The summed E-state index contributed by atoms with van der Waals surface area (Å²) < 4.78 is 11.1. The van der Waals surface area contributed by atoms with E-state index >= 15 is 0 Å². The van der Waals surface area contributed by atoms with Crippen LogP contribution in [0.2, 0.25) is 0 Å². The largest absolute Gasteiger partial charge is 0.458 e. The maximum absolute atomic E-state index is 12.4. The Hall–Kier alpha value is -2.18. The summed E-state index contributed by atoms with van der Waals surface area (Å²) in [5, 5.41) is 18.3.